The Morgan fingerprint density at radius 3 is 2.74 bits per heavy atom. The number of ether oxygens (including phenoxy) is 3. The van der Waals surface area contributed by atoms with Gasteiger partial charge in [-0.25, -0.2) is 4.79 Å². The van der Waals surface area contributed by atoms with Crippen LogP contribution in [0.15, 0.2) is 24.3 Å². The van der Waals surface area contributed by atoms with Crippen LogP contribution < -0.4 is 15.4 Å². The molecule has 1 aromatic heterocycles. The standard InChI is InChI=1S/C22H26N2O6S/c1-4-28-22(27)17-13(2)18(20(26)23-3)31-21(17)24-19(25)14-7-5-8-15(11-14)30-12-16-9-6-10-29-16/h5,7-8,11,16H,4,6,9-10,12H2,1-3H3,(H,23,26)(H,24,25)/t16-/m1/s1. The monoisotopic (exact) mass is 446 g/mol. The number of thiophene rings is 1. The molecule has 0 aliphatic carbocycles. The lowest BCUT2D eigenvalue weighted by molar-refractivity contribution is 0.0527. The van der Waals surface area contributed by atoms with Crippen molar-refractivity contribution in [2.45, 2.75) is 32.8 Å². The van der Waals surface area contributed by atoms with E-state index in [1.807, 2.05) is 0 Å². The second kappa shape index (κ2) is 10.4. The molecule has 0 spiro atoms. The van der Waals surface area contributed by atoms with Crippen LogP contribution in [0.4, 0.5) is 5.00 Å². The summed E-state index contributed by atoms with van der Waals surface area (Å²) in [7, 11) is 1.51. The molecular weight excluding hydrogens is 420 g/mol. The summed E-state index contributed by atoms with van der Waals surface area (Å²) in [6, 6.07) is 6.78. The molecule has 8 nitrogen and oxygen atoms in total. The molecule has 2 heterocycles. The van der Waals surface area contributed by atoms with Crippen LogP contribution in [0.3, 0.4) is 0 Å². The Balaban J connectivity index is 1.79. The highest BCUT2D eigenvalue weighted by atomic mass is 32.1. The maximum Gasteiger partial charge on any atom is 0.341 e. The van der Waals surface area contributed by atoms with E-state index in [1.54, 1.807) is 38.1 Å². The number of hydrogen-bond donors (Lipinski definition) is 2. The molecule has 1 aliphatic heterocycles. The maximum absolute atomic E-state index is 12.9. The minimum Gasteiger partial charge on any atom is -0.491 e. The van der Waals surface area contributed by atoms with E-state index in [2.05, 4.69) is 10.6 Å². The van der Waals surface area contributed by atoms with Crippen molar-refractivity contribution < 1.29 is 28.6 Å². The SMILES string of the molecule is CCOC(=O)c1c(NC(=O)c2cccc(OC[C@H]3CCCO3)c2)sc(C(=O)NC)c1C. The molecule has 0 radical (unpaired) electrons. The highest BCUT2D eigenvalue weighted by molar-refractivity contribution is 7.18. The Morgan fingerprint density at radius 2 is 2.06 bits per heavy atom. The van der Waals surface area contributed by atoms with Gasteiger partial charge in [0, 0.05) is 19.2 Å². The minimum atomic E-state index is -0.588. The fourth-order valence-corrected chi connectivity index (χ4v) is 4.38. The number of carbonyl (C=O) groups is 3. The number of hydrogen-bond acceptors (Lipinski definition) is 7. The molecular formula is C22H26N2O6S. The van der Waals surface area contributed by atoms with Gasteiger partial charge in [0.25, 0.3) is 11.8 Å². The van der Waals surface area contributed by atoms with E-state index in [9.17, 15) is 14.4 Å². The van der Waals surface area contributed by atoms with Gasteiger partial charge < -0.3 is 24.8 Å². The predicted molar refractivity (Wildman–Crippen MR) is 117 cm³/mol. The first kappa shape index (κ1) is 22.8. The van der Waals surface area contributed by atoms with Crippen molar-refractivity contribution in [3.63, 3.8) is 0 Å². The molecule has 1 saturated heterocycles. The molecule has 1 aliphatic rings. The summed E-state index contributed by atoms with van der Waals surface area (Å²) in [5.74, 6) is -0.784. The Labute approximate surface area is 184 Å². The van der Waals surface area contributed by atoms with Crippen molar-refractivity contribution in [3.8, 4) is 5.75 Å². The first-order chi connectivity index (χ1) is 14.9. The van der Waals surface area contributed by atoms with E-state index in [-0.39, 0.29) is 29.2 Å². The fourth-order valence-electron chi connectivity index (χ4n) is 3.25. The topological polar surface area (TPSA) is 103 Å². The van der Waals surface area contributed by atoms with Gasteiger partial charge in [-0.1, -0.05) is 6.07 Å². The zero-order chi connectivity index (χ0) is 22.4. The van der Waals surface area contributed by atoms with Crippen molar-refractivity contribution in [2.75, 3.05) is 32.2 Å². The smallest absolute Gasteiger partial charge is 0.341 e. The van der Waals surface area contributed by atoms with Crippen LogP contribution in [0.1, 0.15) is 55.7 Å². The Hall–Kier alpha value is -2.91. The van der Waals surface area contributed by atoms with Crippen molar-refractivity contribution in [2.24, 2.45) is 0 Å². The number of benzene rings is 1. The summed E-state index contributed by atoms with van der Waals surface area (Å²) in [5, 5.41) is 5.56. The number of nitrogens with one attached hydrogen (secondary N) is 2. The summed E-state index contributed by atoms with van der Waals surface area (Å²) >= 11 is 1.03. The highest BCUT2D eigenvalue weighted by Gasteiger charge is 2.26. The van der Waals surface area contributed by atoms with Crippen LogP contribution in [-0.4, -0.2) is 50.8 Å². The average Bonchev–Trinajstić information content (AvgIpc) is 3.40. The molecule has 2 N–H and O–H groups in total. The van der Waals surface area contributed by atoms with E-state index in [1.165, 1.54) is 7.05 Å². The number of esters is 1. The third-order valence-corrected chi connectivity index (χ3v) is 6.05. The van der Waals surface area contributed by atoms with Gasteiger partial charge in [-0.15, -0.1) is 11.3 Å². The lowest BCUT2D eigenvalue weighted by atomic mass is 10.1. The van der Waals surface area contributed by atoms with E-state index in [0.29, 0.717) is 28.4 Å². The maximum atomic E-state index is 12.9. The Bertz CT molecular complexity index is 965. The summed E-state index contributed by atoms with van der Waals surface area (Å²) in [4.78, 5) is 37.9. The van der Waals surface area contributed by atoms with Gasteiger partial charge in [0.1, 0.15) is 17.4 Å². The molecule has 0 bridgehead atoms. The minimum absolute atomic E-state index is 0.0712. The van der Waals surface area contributed by atoms with Crippen LogP contribution in [0.5, 0.6) is 5.75 Å². The van der Waals surface area contributed by atoms with Crippen molar-refractivity contribution >= 4 is 34.1 Å². The lowest BCUT2D eigenvalue weighted by Gasteiger charge is -2.12. The van der Waals surface area contributed by atoms with E-state index >= 15 is 0 Å². The fraction of sp³-hybridized carbons (Fsp3) is 0.409. The molecule has 3 rings (SSSR count). The molecule has 166 valence electrons. The zero-order valence-electron chi connectivity index (χ0n) is 17.8. The summed E-state index contributed by atoms with van der Waals surface area (Å²) in [5.41, 5.74) is 1.02. The predicted octanol–water partition coefficient (Wildman–Crippen LogP) is 3.40. The molecule has 1 fully saturated rings. The van der Waals surface area contributed by atoms with Gasteiger partial charge in [0.15, 0.2) is 0 Å². The number of amides is 2. The van der Waals surface area contributed by atoms with Crippen LogP contribution in [-0.2, 0) is 9.47 Å². The van der Waals surface area contributed by atoms with Crippen molar-refractivity contribution in [3.05, 3.63) is 45.8 Å². The molecule has 9 heteroatoms. The molecule has 1 atom stereocenters. The van der Waals surface area contributed by atoms with E-state index in [0.717, 1.165) is 30.8 Å². The van der Waals surface area contributed by atoms with Gasteiger partial charge >= 0.3 is 5.97 Å². The Kier molecular flexibility index (Phi) is 7.64. The number of anilines is 1. The highest BCUT2D eigenvalue weighted by Crippen LogP contribution is 2.34. The number of carbonyl (C=O) groups excluding carboxylic acids is 3. The van der Waals surface area contributed by atoms with Crippen molar-refractivity contribution in [1.29, 1.82) is 0 Å². The second-order valence-electron chi connectivity index (χ2n) is 6.99. The summed E-state index contributed by atoms with van der Waals surface area (Å²) in [6.07, 6.45) is 2.06. The van der Waals surface area contributed by atoms with E-state index in [4.69, 9.17) is 14.2 Å². The quantitative estimate of drug-likeness (QED) is 0.603. The molecule has 0 unspecified atom stereocenters. The summed E-state index contributed by atoms with van der Waals surface area (Å²) < 4.78 is 16.4. The first-order valence-corrected chi connectivity index (χ1v) is 10.9. The second-order valence-corrected chi connectivity index (χ2v) is 8.01. The van der Waals surface area contributed by atoms with Crippen LogP contribution in [0, 0.1) is 6.92 Å². The molecule has 1 aromatic carbocycles. The molecule has 31 heavy (non-hydrogen) atoms. The molecule has 2 amide bonds. The van der Waals surface area contributed by atoms with Gasteiger partial charge in [-0.05, 0) is 50.5 Å². The normalized spacial score (nSPS) is 15.4. The van der Waals surface area contributed by atoms with Gasteiger partial charge in [0.2, 0.25) is 0 Å². The summed E-state index contributed by atoms with van der Waals surface area (Å²) in [6.45, 7) is 4.71. The van der Waals surface area contributed by atoms with Crippen molar-refractivity contribution in [1.82, 2.24) is 5.32 Å². The van der Waals surface area contributed by atoms with Gasteiger partial charge in [0.05, 0.1) is 23.2 Å². The van der Waals surface area contributed by atoms with E-state index < -0.39 is 11.9 Å². The third kappa shape index (κ3) is 5.42. The van der Waals surface area contributed by atoms with Crippen LogP contribution in [0.2, 0.25) is 0 Å². The van der Waals surface area contributed by atoms with Gasteiger partial charge in [-0.2, -0.15) is 0 Å². The Morgan fingerprint density at radius 1 is 1.26 bits per heavy atom. The molecule has 2 aromatic rings. The average molecular weight is 447 g/mol. The molecule has 0 saturated carbocycles. The first-order valence-electron chi connectivity index (χ1n) is 10.1. The third-order valence-electron chi connectivity index (χ3n) is 4.84. The number of rotatable bonds is 8. The van der Waals surface area contributed by atoms with Crippen LogP contribution in [0.25, 0.3) is 0 Å². The zero-order valence-corrected chi connectivity index (χ0v) is 18.6. The van der Waals surface area contributed by atoms with Gasteiger partial charge in [-0.3, -0.25) is 9.59 Å². The lowest BCUT2D eigenvalue weighted by Crippen LogP contribution is -2.18. The largest absolute Gasteiger partial charge is 0.491 e. The van der Waals surface area contributed by atoms with Crippen LogP contribution >= 0.6 is 11.3 Å².